The van der Waals surface area contributed by atoms with Gasteiger partial charge in [0.25, 0.3) is 0 Å². The molecule has 0 N–H and O–H groups in total. The van der Waals surface area contributed by atoms with Gasteiger partial charge in [-0.05, 0) is 31.0 Å². The lowest BCUT2D eigenvalue weighted by molar-refractivity contribution is 0.0442. The largest absolute Gasteiger partial charge is 0.386 e. The van der Waals surface area contributed by atoms with Crippen molar-refractivity contribution in [3.63, 3.8) is 0 Å². The minimum absolute atomic E-state index is 0.0327. The molecular formula is C18H16FNO3. The second kappa shape index (κ2) is 5.83. The molecule has 4 nitrogen and oxygen atoms in total. The van der Waals surface area contributed by atoms with Crippen LogP contribution in [0.15, 0.2) is 36.4 Å². The molecule has 2 aromatic carbocycles. The van der Waals surface area contributed by atoms with Crippen molar-refractivity contribution in [1.82, 2.24) is 0 Å². The number of esters is 2. The van der Waals surface area contributed by atoms with Gasteiger partial charge in [0.1, 0.15) is 16.9 Å². The summed E-state index contributed by atoms with van der Waals surface area (Å²) in [7, 11) is 0. The van der Waals surface area contributed by atoms with Crippen molar-refractivity contribution < 1.29 is 18.7 Å². The van der Waals surface area contributed by atoms with Gasteiger partial charge in [-0.15, -0.1) is 0 Å². The Morgan fingerprint density at radius 3 is 2.39 bits per heavy atom. The maximum Gasteiger partial charge on any atom is 0.349 e. The fourth-order valence-corrected chi connectivity index (χ4v) is 2.91. The second-order valence-electron chi connectivity index (χ2n) is 5.45. The number of ether oxygens (including phenoxy) is 1. The van der Waals surface area contributed by atoms with E-state index in [9.17, 15) is 14.0 Å². The van der Waals surface area contributed by atoms with Crippen LogP contribution in [0, 0.1) is 12.7 Å². The van der Waals surface area contributed by atoms with Gasteiger partial charge in [-0.1, -0.05) is 30.3 Å². The third-order valence-electron chi connectivity index (χ3n) is 3.95. The van der Waals surface area contributed by atoms with Gasteiger partial charge in [0, 0.05) is 13.1 Å². The summed E-state index contributed by atoms with van der Waals surface area (Å²) in [5, 5.41) is 0. The third-order valence-corrected chi connectivity index (χ3v) is 3.95. The van der Waals surface area contributed by atoms with E-state index in [2.05, 4.69) is 4.74 Å². The number of carbonyl (C=O) groups is 2. The lowest BCUT2D eigenvalue weighted by Crippen LogP contribution is -2.25. The molecule has 0 radical (unpaired) electrons. The number of hydrogen-bond acceptors (Lipinski definition) is 4. The van der Waals surface area contributed by atoms with Gasteiger partial charge < -0.3 is 9.64 Å². The Balaban J connectivity index is 2.11. The number of cyclic esters (lactones) is 2. The van der Waals surface area contributed by atoms with E-state index >= 15 is 0 Å². The summed E-state index contributed by atoms with van der Waals surface area (Å²) in [6.07, 6.45) is 0. The van der Waals surface area contributed by atoms with Crippen molar-refractivity contribution in [3.05, 3.63) is 64.5 Å². The molecule has 0 saturated carbocycles. The van der Waals surface area contributed by atoms with Crippen molar-refractivity contribution in [2.45, 2.75) is 20.4 Å². The number of rotatable bonds is 4. The summed E-state index contributed by atoms with van der Waals surface area (Å²) in [6, 6.07) is 11.0. The first-order chi connectivity index (χ1) is 11.0. The van der Waals surface area contributed by atoms with E-state index < -0.39 is 17.8 Å². The zero-order valence-electron chi connectivity index (χ0n) is 12.9. The summed E-state index contributed by atoms with van der Waals surface area (Å²) in [5.74, 6) is -2.42. The molecule has 5 heteroatoms. The Hall–Kier alpha value is -2.69. The zero-order valence-corrected chi connectivity index (χ0v) is 12.9. The SMILES string of the molecule is CCN(Cc1ccccc1)c1c(C)cc(F)c2c1C(=O)OC2=O. The summed E-state index contributed by atoms with van der Waals surface area (Å²) in [6.45, 7) is 4.83. The summed E-state index contributed by atoms with van der Waals surface area (Å²) < 4.78 is 18.7. The van der Waals surface area contributed by atoms with Crippen LogP contribution in [0.3, 0.4) is 0 Å². The molecule has 1 heterocycles. The van der Waals surface area contributed by atoms with E-state index in [1.165, 1.54) is 6.07 Å². The topological polar surface area (TPSA) is 46.6 Å². The smallest absolute Gasteiger partial charge is 0.349 e. The number of aryl methyl sites for hydroxylation is 1. The number of anilines is 1. The number of hydrogen-bond donors (Lipinski definition) is 0. The summed E-state index contributed by atoms with van der Waals surface area (Å²) >= 11 is 0. The highest BCUT2D eigenvalue weighted by Gasteiger charge is 2.37. The number of carbonyl (C=O) groups excluding carboxylic acids is 2. The van der Waals surface area contributed by atoms with Gasteiger partial charge in [0.05, 0.1) is 5.69 Å². The first kappa shape index (κ1) is 15.2. The minimum Gasteiger partial charge on any atom is -0.386 e. The highest BCUT2D eigenvalue weighted by atomic mass is 19.1. The van der Waals surface area contributed by atoms with E-state index in [-0.39, 0.29) is 11.1 Å². The second-order valence-corrected chi connectivity index (χ2v) is 5.45. The predicted molar refractivity (Wildman–Crippen MR) is 84.0 cm³/mol. The maximum atomic E-state index is 14.1. The van der Waals surface area contributed by atoms with Gasteiger partial charge in [-0.25, -0.2) is 14.0 Å². The first-order valence-corrected chi connectivity index (χ1v) is 7.41. The molecule has 0 aliphatic carbocycles. The first-order valence-electron chi connectivity index (χ1n) is 7.41. The molecule has 0 atom stereocenters. The van der Waals surface area contributed by atoms with Crippen LogP contribution < -0.4 is 4.90 Å². The van der Waals surface area contributed by atoms with Crippen LogP contribution in [0.1, 0.15) is 38.8 Å². The van der Waals surface area contributed by atoms with Crippen molar-refractivity contribution >= 4 is 17.6 Å². The van der Waals surface area contributed by atoms with Crippen molar-refractivity contribution in [3.8, 4) is 0 Å². The van der Waals surface area contributed by atoms with E-state index in [0.717, 1.165) is 5.56 Å². The Bertz CT molecular complexity index is 787. The Morgan fingerprint density at radius 1 is 1.09 bits per heavy atom. The minimum atomic E-state index is -0.917. The standard InChI is InChI=1S/C18H16FNO3/c1-3-20(10-12-7-5-4-6-8-12)16-11(2)9-13(19)14-15(16)18(22)23-17(14)21/h4-9H,3,10H2,1-2H3. The van der Waals surface area contributed by atoms with Gasteiger partial charge >= 0.3 is 11.9 Å². The van der Waals surface area contributed by atoms with Crippen molar-refractivity contribution in [2.24, 2.45) is 0 Å². The van der Waals surface area contributed by atoms with E-state index in [0.29, 0.717) is 24.3 Å². The van der Waals surface area contributed by atoms with Gasteiger partial charge in [0.15, 0.2) is 0 Å². The molecule has 0 spiro atoms. The van der Waals surface area contributed by atoms with Crippen LogP contribution in [0.2, 0.25) is 0 Å². The average Bonchev–Trinajstić information content (AvgIpc) is 2.82. The van der Waals surface area contributed by atoms with Gasteiger partial charge in [-0.2, -0.15) is 0 Å². The fourth-order valence-electron chi connectivity index (χ4n) is 2.91. The Labute approximate surface area is 133 Å². The monoisotopic (exact) mass is 313 g/mol. The molecular weight excluding hydrogens is 297 g/mol. The number of nitrogens with zero attached hydrogens (tertiary/aromatic N) is 1. The lowest BCUT2D eigenvalue weighted by atomic mass is 10.0. The molecule has 23 heavy (non-hydrogen) atoms. The Morgan fingerprint density at radius 2 is 1.74 bits per heavy atom. The quantitative estimate of drug-likeness (QED) is 0.640. The van der Waals surface area contributed by atoms with E-state index in [1.807, 2.05) is 42.2 Å². The van der Waals surface area contributed by atoms with Crippen LogP contribution in [0.5, 0.6) is 0 Å². The van der Waals surface area contributed by atoms with Crippen LogP contribution in [-0.4, -0.2) is 18.5 Å². The van der Waals surface area contributed by atoms with Crippen LogP contribution in [0.4, 0.5) is 10.1 Å². The number of halogens is 1. The molecule has 118 valence electrons. The number of benzene rings is 2. The maximum absolute atomic E-state index is 14.1. The Kier molecular flexibility index (Phi) is 3.86. The third kappa shape index (κ3) is 2.59. The summed E-state index contributed by atoms with van der Waals surface area (Å²) in [5.41, 5.74) is 1.99. The highest BCUT2D eigenvalue weighted by molar-refractivity contribution is 6.18. The van der Waals surface area contributed by atoms with Crippen LogP contribution in [0.25, 0.3) is 0 Å². The molecule has 0 amide bonds. The normalized spacial score (nSPS) is 13.0. The fraction of sp³-hybridized carbons (Fsp3) is 0.222. The van der Waals surface area contributed by atoms with E-state index in [1.54, 1.807) is 6.92 Å². The summed E-state index contributed by atoms with van der Waals surface area (Å²) in [4.78, 5) is 25.7. The van der Waals surface area contributed by atoms with Crippen LogP contribution in [-0.2, 0) is 11.3 Å². The van der Waals surface area contributed by atoms with Gasteiger partial charge in [-0.3, -0.25) is 0 Å². The van der Waals surface area contributed by atoms with E-state index in [4.69, 9.17) is 0 Å². The molecule has 0 unspecified atom stereocenters. The molecule has 0 aromatic heterocycles. The molecule has 0 bridgehead atoms. The zero-order chi connectivity index (χ0) is 16.6. The molecule has 1 aliphatic heterocycles. The molecule has 0 saturated heterocycles. The average molecular weight is 313 g/mol. The molecule has 0 fully saturated rings. The molecule has 1 aliphatic rings. The van der Waals surface area contributed by atoms with Gasteiger partial charge in [0.2, 0.25) is 0 Å². The highest BCUT2D eigenvalue weighted by Crippen LogP contribution is 2.35. The molecule has 2 aromatic rings. The van der Waals surface area contributed by atoms with Crippen molar-refractivity contribution in [2.75, 3.05) is 11.4 Å². The van der Waals surface area contributed by atoms with Crippen LogP contribution >= 0.6 is 0 Å². The lowest BCUT2D eigenvalue weighted by Gasteiger charge is -2.26. The molecule has 3 rings (SSSR count). The van der Waals surface area contributed by atoms with Crippen molar-refractivity contribution in [1.29, 1.82) is 0 Å². The predicted octanol–water partition coefficient (Wildman–Crippen LogP) is 3.47. The number of fused-ring (bicyclic) bond motifs is 1.